The van der Waals surface area contributed by atoms with Gasteiger partial charge in [0.1, 0.15) is 5.75 Å². The summed E-state index contributed by atoms with van der Waals surface area (Å²) in [6, 6.07) is 17.7. The molecule has 0 bridgehead atoms. The topological polar surface area (TPSA) is 48.0 Å². The summed E-state index contributed by atoms with van der Waals surface area (Å²) in [5.41, 5.74) is 1.89. The standard InChI is InChI=1S/C23H29NO4/c1-2-26-23(25)20-10-12-21(13-11-20)27-15-6-9-22-18-24(14-16-28-22)17-19-7-4-3-5-8-19/h3-5,7-8,10-13,22H,2,6,9,14-18H2,1H3. The lowest BCUT2D eigenvalue weighted by atomic mass is 10.1. The van der Waals surface area contributed by atoms with Crippen LogP contribution < -0.4 is 4.74 Å². The third kappa shape index (κ3) is 6.36. The Bertz CT molecular complexity index is 717. The number of ether oxygens (including phenoxy) is 3. The predicted octanol–water partition coefficient (Wildman–Crippen LogP) is 3.92. The molecule has 3 rings (SSSR count). The molecule has 0 aromatic heterocycles. The molecule has 0 aliphatic carbocycles. The molecule has 0 spiro atoms. The second-order valence-corrected chi connectivity index (χ2v) is 6.95. The van der Waals surface area contributed by atoms with Crippen LogP contribution in [0.2, 0.25) is 0 Å². The Morgan fingerprint density at radius 1 is 1.14 bits per heavy atom. The van der Waals surface area contributed by atoms with E-state index in [1.165, 1.54) is 5.56 Å². The van der Waals surface area contributed by atoms with Gasteiger partial charge in [0, 0.05) is 19.6 Å². The van der Waals surface area contributed by atoms with Crippen LogP contribution in [-0.2, 0) is 16.0 Å². The van der Waals surface area contributed by atoms with Crippen molar-refractivity contribution in [2.75, 3.05) is 32.9 Å². The average molecular weight is 383 g/mol. The summed E-state index contributed by atoms with van der Waals surface area (Å²) in [6.45, 7) is 6.52. The van der Waals surface area contributed by atoms with Crippen LogP contribution in [-0.4, -0.2) is 49.9 Å². The van der Waals surface area contributed by atoms with Crippen molar-refractivity contribution >= 4 is 5.97 Å². The summed E-state index contributed by atoms with van der Waals surface area (Å²) in [4.78, 5) is 14.1. The van der Waals surface area contributed by atoms with E-state index in [-0.39, 0.29) is 12.1 Å². The van der Waals surface area contributed by atoms with E-state index >= 15 is 0 Å². The van der Waals surface area contributed by atoms with Crippen molar-refractivity contribution in [3.8, 4) is 5.75 Å². The van der Waals surface area contributed by atoms with Gasteiger partial charge in [-0.25, -0.2) is 4.79 Å². The molecule has 1 saturated heterocycles. The van der Waals surface area contributed by atoms with Gasteiger partial charge < -0.3 is 14.2 Å². The molecule has 1 aliphatic heterocycles. The van der Waals surface area contributed by atoms with Crippen molar-refractivity contribution in [1.29, 1.82) is 0 Å². The Balaban J connectivity index is 1.36. The number of benzene rings is 2. The highest BCUT2D eigenvalue weighted by atomic mass is 16.5. The molecule has 0 amide bonds. The highest BCUT2D eigenvalue weighted by Crippen LogP contribution is 2.16. The van der Waals surface area contributed by atoms with E-state index < -0.39 is 0 Å². The molecule has 28 heavy (non-hydrogen) atoms. The SMILES string of the molecule is CCOC(=O)c1ccc(OCCCC2CN(Cc3ccccc3)CCO2)cc1. The largest absolute Gasteiger partial charge is 0.494 e. The first-order valence-corrected chi connectivity index (χ1v) is 10.0. The normalized spacial score (nSPS) is 17.2. The van der Waals surface area contributed by atoms with E-state index in [4.69, 9.17) is 14.2 Å². The van der Waals surface area contributed by atoms with Crippen molar-refractivity contribution in [2.45, 2.75) is 32.4 Å². The second-order valence-electron chi connectivity index (χ2n) is 6.95. The smallest absolute Gasteiger partial charge is 0.338 e. The zero-order valence-electron chi connectivity index (χ0n) is 16.5. The minimum Gasteiger partial charge on any atom is -0.494 e. The molecule has 2 aromatic carbocycles. The molecule has 0 N–H and O–H groups in total. The number of hydrogen-bond donors (Lipinski definition) is 0. The molecule has 1 atom stereocenters. The van der Waals surface area contributed by atoms with Gasteiger partial charge in [-0.1, -0.05) is 30.3 Å². The molecular formula is C23H29NO4. The summed E-state index contributed by atoms with van der Waals surface area (Å²) < 4.78 is 16.7. The lowest BCUT2D eigenvalue weighted by molar-refractivity contribution is -0.0367. The Labute approximate surface area is 167 Å². The van der Waals surface area contributed by atoms with Crippen molar-refractivity contribution in [3.05, 3.63) is 65.7 Å². The van der Waals surface area contributed by atoms with Gasteiger partial charge in [-0.05, 0) is 49.6 Å². The first-order valence-electron chi connectivity index (χ1n) is 10.0. The van der Waals surface area contributed by atoms with Crippen molar-refractivity contribution in [2.24, 2.45) is 0 Å². The summed E-state index contributed by atoms with van der Waals surface area (Å²) in [5.74, 6) is 0.465. The number of esters is 1. The second kappa shape index (κ2) is 10.8. The fourth-order valence-corrected chi connectivity index (χ4v) is 3.34. The fourth-order valence-electron chi connectivity index (χ4n) is 3.34. The highest BCUT2D eigenvalue weighted by molar-refractivity contribution is 5.89. The lowest BCUT2D eigenvalue weighted by Crippen LogP contribution is -2.42. The van der Waals surface area contributed by atoms with Gasteiger partial charge in [-0.15, -0.1) is 0 Å². The van der Waals surface area contributed by atoms with Crippen LogP contribution in [0.5, 0.6) is 5.75 Å². The van der Waals surface area contributed by atoms with E-state index in [2.05, 4.69) is 35.2 Å². The van der Waals surface area contributed by atoms with E-state index in [1.807, 2.05) is 12.1 Å². The summed E-state index contributed by atoms with van der Waals surface area (Å²) in [7, 11) is 0. The molecule has 0 saturated carbocycles. The number of morpholine rings is 1. The maximum absolute atomic E-state index is 11.7. The van der Waals surface area contributed by atoms with Crippen molar-refractivity contribution in [3.63, 3.8) is 0 Å². The van der Waals surface area contributed by atoms with E-state index in [1.54, 1.807) is 19.1 Å². The minimum atomic E-state index is -0.302. The third-order valence-electron chi connectivity index (χ3n) is 4.78. The van der Waals surface area contributed by atoms with Crippen LogP contribution in [0.4, 0.5) is 0 Å². The summed E-state index contributed by atoms with van der Waals surface area (Å²) >= 11 is 0. The number of carbonyl (C=O) groups is 1. The Morgan fingerprint density at radius 3 is 2.68 bits per heavy atom. The fraction of sp³-hybridized carbons (Fsp3) is 0.435. The molecule has 5 nitrogen and oxygen atoms in total. The molecule has 1 fully saturated rings. The quantitative estimate of drug-likeness (QED) is 0.485. The van der Waals surface area contributed by atoms with Crippen LogP contribution in [0, 0.1) is 0 Å². The molecule has 1 unspecified atom stereocenters. The van der Waals surface area contributed by atoms with Gasteiger partial charge in [0.15, 0.2) is 0 Å². The Morgan fingerprint density at radius 2 is 1.93 bits per heavy atom. The Kier molecular flexibility index (Phi) is 7.88. The maximum Gasteiger partial charge on any atom is 0.338 e. The van der Waals surface area contributed by atoms with Crippen LogP contribution in [0.25, 0.3) is 0 Å². The number of rotatable bonds is 9. The lowest BCUT2D eigenvalue weighted by Gasteiger charge is -2.33. The maximum atomic E-state index is 11.7. The van der Waals surface area contributed by atoms with Crippen LogP contribution in [0.15, 0.2) is 54.6 Å². The molecule has 1 aliphatic rings. The first kappa shape index (κ1) is 20.4. The first-order chi connectivity index (χ1) is 13.7. The Hall–Kier alpha value is -2.37. The zero-order chi connectivity index (χ0) is 19.6. The van der Waals surface area contributed by atoms with Crippen LogP contribution in [0.1, 0.15) is 35.7 Å². The molecule has 5 heteroatoms. The third-order valence-corrected chi connectivity index (χ3v) is 4.78. The number of nitrogens with zero attached hydrogens (tertiary/aromatic N) is 1. The highest BCUT2D eigenvalue weighted by Gasteiger charge is 2.20. The minimum absolute atomic E-state index is 0.257. The number of hydrogen-bond acceptors (Lipinski definition) is 5. The van der Waals surface area contributed by atoms with Gasteiger partial charge >= 0.3 is 5.97 Å². The molecule has 1 heterocycles. The van der Waals surface area contributed by atoms with Gasteiger partial charge in [0.05, 0.1) is 31.5 Å². The molecular weight excluding hydrogens is 354 g/mol. The monoisotopic (exact) mass is 383 g/mol. The molecule has 150 valence electrons. The average Bonchev–Trinajstić information content (AvgIpc) is 2.73. The van der Waals surface area contributed by atoms with Crippen molar-refractivity contribution < 1.29 is 19.0 Å². The van der Waals surface area contributed by atoms with E-state index in [0.717, 1.165) is 44.8 Å². The van der Waals surface area contributed by atoms with Crippen LogP contribution >= 0.6 is 0 Å². The zero-order valence-corrected chi connectivity index (χ0v) is 16.5. The van der Waals surface area contributed by atoms with Gasteiger partial charge in [-0.2, -0.15) is 0 Å². The summed E-state index contributed by atoms with van der Waals surface area (Å²) in [5, 5.41) is 0. The summed E-state index contributed by atoms with van der Waals surface area (Å²) in [6.07, 6.45) is 2.17. The molecule has 2 aromatic rings. The van der Waals surface area contributed by atoms with Gasteiger partial charge in [0.25, 0.3) is 0 Å². The van der Waals surface area contributed by atoms with E-state index in [0.29, 0.717) is 18.8 Å². The van der Waals surface area contributed by atoms with Crippen LogP contribution in [0.3, 0.4) is 0 Å². The van der Waals surface area contributed by atoms with Gasteiger partial charge in [0.2, 0.25) is 0 Å². The van der Waals surface area contributed by atoms with Crippen molar-refractivity contribution in [1.82, 2.24) is 4.90 Å². The van der Waals surface area contributed by atoms with E-state index in [9.17, 15) is 4.79 Å². The predicted molar refractivity (Wildman–Crippen MR) is 109 cm³/mol. The number of carbonyl (C=O) groups excluding carboxylic acids is 1. The van der Waals surface area contributed by atoms with Gasteiger partial charge in [-0.3, -0.25) is 4.90 Å². The molecule has 0 radical (unpaired) electrons.